The molecule has 88 valence electrons. The van der Waals surface area contributed by atoms with E-state index >= 15 is 0 Å². The summed E-state index contributed by atoms with van der Waals surface area (Å²) in [6, 6.07) is 0.638. The first kappa shape index (κ1) is 13.4. The van der Waals surface area contributed by atoms with Gasteiger partial charge in [-0.3, -0.25) is 4.79 Å². The van der Waals surface area contributed by atoms with Crippen molar-refractivity contribution in [3.63, 3.8) is 0 Å². The van der Waals surface area contributed by atoms with Crippen LogP contribution < -0.4 is 5.32 Å². The molecule has 0 saturated carbocycles. The van der Waals surface area contributed by atoms with Crippen LogP contribution in [0, 0.1) is 5.82 Å². The van der Waals surface area contributed by atoms with Gasteiger partial charge in [0, 0.05) is 4.47 Å². The van der Waals surface area contributed by atoms with Crippen LogP contribution in [0.1, 0.15) is 5.56 Å². The number of hydrogen-bond acceptors (Lipinski definition) is 1. The molecular weight excluding hydrogens is 362 g/mol. The van der Waals surface area contributed by atoms with Gasteiger partial charge in [0.25, 0.3) is 0 Å². The molecule has 0 aromatic heterocycles. The lowest BCUT2D eigenvalue weighted by Gasteiger charge is -2.14. The van der Waals surface area contributed by atoms with Crippen LogP contribution in [-0.4, -0.2) is 6.41 Å². The highest BCUT2D eigenvalue weighted by Gasteiger charge is 2.37. The van der Waals surface area contributed by atoms with Gasteiger partial charge in [-0.2, -0.15) is 13.2 Å². The number of alkyl halides is 3. The molecule has 0 atom stereocenters. The lowest BCUT2D eigenvalue weighted by atomic mass is 10.2. The average molecular weight is 365 g/mol. The molecule has 0 aliphatic carbocycles. The van der Waals surface area contributed by atoms with Gasteiger partial charge in [-0.25, -0.2) is 4.39 Å². The number of nitrogens with one attached hydrogen (secondary N) is 1. The predicted octanol–water partition coefficient (Wildman–Crippen LogP) is 3.94. The second-order valence-electron chi connectivity index (χ2n) is 2.66. The van der Waals surface area contributed by atoms with Crippen LogP contribution >= 0.6 is 31.9 Å². The molecule has 1 aromatic rings. The van der Waals surface area contributed by atoms with Crippen molar-refractivity contribution in [2.75, 3.05) is 5.32 Å². The molecule has 0 bridgehead atoms. The third kappa shape index (κ3) is 2.54. The van der Waals surface area contributed by atoms with Gasteiger partial charge in [0.2, 0.25) is 6.41 Å². The number of amides is 1. The van der Waals surface area contributed by atoms with Gasteiger partial charge in [0.15, 0.2) is 0 Å². The number of carbonyl (C=O) groups is 1. The second-order valence-corrected chi connectivity index (χ2v) is 4.31. The molecule has 8 heteroatoms. The fourth-order valence-electron chi connectivity index (χ4n) is 1.04. The van der Waals surface area contributed by atoms with Gasteiger partial charge in [-0.05, 0) is 22.0 Å². The van der Waals surface area contributed by atoms with Gasteiger partial charge < -0.3 is 5.32 Å². The topological polar surface area (TPSA) is 29.1 Å². The fraction of sp³-hybridized carbons (Fsp3) is 0.125. The Labute approximate surface area is 104 Å². The lowest BCUT2D eigenvalue weighted by Crippen LogP contribution is -2.10. The number of anilines is 1. The monoisotopic (exact) mass is 363 g/mol. The number of benzene rings is 1. The van der Waals surface area contributed by atoms with Crippen LogP contribution in [0.15, 0.2) is 15.0 Å². The first-order valence-electron chi connectivity index (χ1n) is 3.74. The Hall–Kier alpha value is -0.630. The van der Waals surface area contributed by atoms with Crippen molar-refractivity contribution in [1.82, 2.24) is 0 Å². The zero-order chi connectivity index (χ0) is 12.5. The van der Waals surface area contributed by atoms with E-state index in [9.17, 15) is 22.4 Å². The number of halogens is 6. The summed E-state index contributed by atoms with van der Waals surface area (Å²) >= 11 is 5.22. The summed E-state index contributed by atoms with van der Waals surface area (Å²) in [5.41, 5.74) is -1.64. The number of carbonyl (C=O) groups excluding carboxylic acids is 1. The molecule has 0 spiro atoms. The van der Waals surface area contributed by atoms with Crippen LogP contribution in [0.5, 0.6) is 0 Å². The Morgan fingerprint density at radius 3 is 2.31 bits per heavy atom. The zero-order valence-corrected chi connectivity index (χ0v) is 10.5. The minimum absolute atomic E-state index is 0.0945. The van der Waals surface area contributed by atoms with E-state index in [2.05, 4.69) is 31.9 Å². The summed E-state index contributed by atoms with van der Waals surface area (Å²) in [5.74, 6) is -0.973. The highest BCUT2D eigenvalue weighted by atomic mass is 79.9. The lowest BCUT2D eigenvalue weighted by molar-refractivity contribution is -0.138. The summed E-state index contributed by atoms with van der Waals surface area (Å²) in [4.78, 5) is 10.1. The molecule has 0 saturated heterocycles. The van der Waals surface area contributed by atoms with E-state index in [1.165, 1.54) is 0 Å². The minimum atomic E-state index is -4.66. The van der Waals surface area contributed by atoms with Crippen molar-refractivity contribution in [2.24, 2.45) is 0 Å². The summed E-state index contributed by atoms with van der Waals surface area (Å²) < 4.78 is 49.9. The van der Waals surface area contributed by atoms with E-state index in [1.807, 2.05) is 5.32 Å². The zero-order valence-electron chi connectivity index (χ0n) is 7.33. The molecule has 0 unspecified atom stereocenters. The van der Waals surface area contributed by atoms with E-state index in [0.717, 1.165) is 0 Å². The van der Waals surface area contributed by atoms with Crippen molar-refractivity contribution >= 4 is 44.0 Å². The van der Waals surface area contributed by atoms with Crippen LogP contribution in [0.4, 0.5) is 23.2 Å². The van der Waals surface area contributed by atoms with Crippen molar-refractivity contribution in [1.29, 1.82) is 0 Å². The maximum atomic E-state index is 13.2. The molecule has 16 heavy (non-hydrogen) atoms. The van der Waals surface area contributed by atoms with Crippen molar-refractivity contribution in [3.8, 4) is 0 Å². The molecule has 0 aliphatic rings. The number of rotatable bonds is 2. The highest BCUT2D eigenvalue weighted by molar-refractivity contribution is 9.11. The van der Waals surface area contributed by atoms with E-state index in [4.69, 9.17) is 0 Å². The minimum Gasteiger partial charge on any atom is -0.325 e. The predicted molar refractivity (Wildman–Crippen MR) is 56.5 cm³/mol. The Bertz CT molecular complexity index is 433. The summed E-state index contributed by atoms with van der Waals surface area (Å²) in [6.07, 6.45) is -4.57. The third-order valence-corrected chi connectivity index (χ3v) is 3.08. The first-order valence-corrected chi connectivity index (χ1v) is 5.32. The molecule has 1 rings (SSSR count). The fourth-order valence-corrected chi connectivity index (χ4v) is 2.67. The van der Waals surface area contributed by atoms with Crippen LogP contribution in [-0.2, 0) is 11.0 Å². The molecule has 1 amide bonds. The molecule has 2 nitrogen and oxygen atoms in total. The standard InChI is InChI=1S/C8H3Br2F4NO/c9-3-1-4(11)7(15-2-16)6(10)5(3)8(12,13)14/h1-2H,(H,15,16). The molecule has 1 N–H and O–H groups in total. The summed E-state index contributed by atoms with van der Waals surface area (Å²) in [5, 5.41) is 1.86. The average Bonchev–Trinajstić information content (AvgIpc) is 2.09. The van der Waals surface area contributed by atoms with Crippen LogP contribution in [0.3, 0.4) is 0 Å². The van der Waals surface area contributed by atoms with Crippen molar-refractivity contribution in [3.05, 3.63) is 26.4 Å². The quantitative estimate of drug-likeness (QED) is 0.625. The van der Waals surface area contributed by atoms with Crippen molar-refractivity contribution in [2.45, 2.75) is 6.18 Å². The van der Waals surface area contributed by atoms with E-state index in [1.54, 1.807) is 0 Å². The Morgan fingerprint density at radius 1 is 1.31 bits per heavy atom. The Balaban J connectivity index is 3.51. The smallest absolute Gasteiger partial charge is 0.325 e. The largest absolute Gasteiger partial charge is 0.418 e. The van der Waals surface area contributed by atoms with Gasteiger partial charge in [-0.15, -0.1) is 0 Å². The number of hydrogen-bond donors (Lipinski definition) is 1. The molecule has 0 heterocycles. The highest BCUT2D eigenvalue weighted by Crippen LogP contribution is 2.43. The van der Waals surface area contributed by atoms with Gasteiger partial charge in [-0.1, -0.05) is 15.9 Å². The molecule has 0 fully saturated rings. The molecule has 0 radical (unpaired) electrons. The van der Waals surface area contributed by atoms with Crippen molar-refractivity contribution < 1.29 is 22.4 Å². The normalized spacial score (nSPS) is 11.4. The Kier molecular flexibility index (Phi) is 3.95. The van der Waals surface area contributed by atoms with Gasteiger partial charge >= 0.3 is 6.18 Å². The van der Waals surface area contributed by atoms with Gasteiger partial charge in [0.05, 0.1) is 15.7 Å². The van der Waals surface area contributed by atoms with E-state index < -0.39 is 32.2 Å². The molecule has 1 aromatic carbocycles. The molecule has 0 aliphatic heterocycles. The van der Waals surface area contributed by atoms with Gasteiger partial charge in [0.1, 0.15) is 5.82 Å². The summed E-state index contributed by atoms with van der Waals surface area (Å²) in [7, 11) is 0. The van der Waals surface area contributed by atoms with E-state index in [-0.39, 0.29) is 6.41 Å². The SMILES string of the molecule is O=CNc1c(F)cc(Br)c(C(F)(F)F)c1Br. The van der Waals surface area contributed by atoms with Crippen LogP contribution in [0.2, 0.25) is 0 Å². The van der Waals surface area contributed by atoms with Crippen LogP contribution in [0.25, 0.3) is 0 Å². The Morgan fingerprint density at radius 2 is 1.88 bits per heavy atom. The molecular formula is C8H3Br2F4NO. The van der Waals surface area contributed by atoms with E-state index in [0.29, 0.717) is 6.07 Å². The summed E-state index contributed by atoms with van der Waals surface area (Å²) in [6.45, 7) is 0. The first-order chi connectivity index (χ1) is 7.29. The maximum Gasteiger partial charge on any atom is 0.418 e. The second kappa shape index (κ2) is 4.70. The maximum absolute atomic E-state index is 13.2. The third-order valence-electron chi connectivity index (χ3n) is 1.66.